The van der Waals surface area contributed by atoms with E-state index in [1.807, 2.05) is 0 Å². The van der Waals surface area contributed by atoms with Gasteiger partial charge >= 0.3 is 0 Å². The van der Waals surface area contributed by atoms with Crippen LogP contribution in [0.25, 0.3) is 0 Å². The maximum absolute atomic E-state index is 11.9. The van der Waals surface area contributed by atoms with Crippen LogP contribution in [0.3, 0.4) is 0 Å². The summed E-state index contributed by atoms with van der Waals surface area (Å²) in [7, 11) is -1.25. The van der Waals surface area contributed by atoms with Crippen LogP contribution in [0.4, 0.5) is 0 Å². The van der Waals surface area contributed by atoms with Crippen molar-refractivity contribution in [1.82, 2.24) is 5.32 Å². The Hall–Kier alpha value is -0.130. The van der Waals surface area contributed by atoms with E-state index in [2.05, 4.69) is 5.32 Å². The van der Waals surface area contributed by atoms with Gasteiger partial charge in [0.25, 0.3) is 0 Å². The molecule has 0 amide bonds. The van der Waals surface area contributed by atoms with Crippen molar-refractivity contribution in [3.63, 3.8) is 0 Å². The van der Waals surface area contributed by atoms with Gasteiger partial charge in [-0.05, 0) is 32.2 Å². The Morgan fingerprint density at radius 2 is 2.27 bits per heavy atom. The number of hydrogen-bond donors (Lipinski definition) is 1. The molecule has 0 aromatic rings. The van der Waals surface area contributed by atoms with Gasteiger partial charge in [-0.3, -0.25) is 0 Å². The van der Waals surface area contributed by atoms with Gasteiger partial charge in [-0.2, -0.15) is 0 Å². The quantitative estimate of drug-likeness (QED) is 0.763. The van der Waals surface area contributed by atoms with Gasteiger partial charge in [-0.1, -0.05) is 0 Å². The molecule has 2 aliphatic rings. The van der Waals surface area contributed by atoms with Gasteiger partial charge in [0.2, 0.25) is 0 Å². The molecule has 88 valence electrons. The van der Waals surface area contributed by atoms with E-state index in [1.54, 1.807) is 7.11 Å². The van der Waals surface area contributed by atoms with E-state index in [0.29, 0.717) is 12.4 Å². The van der Waals surface area contributed by atoms with Crippen LogP contribution in [0.1, 0.15) is 25.7 Å². The summed E-state index contributed by atoms with van der Waals surface area (Å²) in [5, 5.41) is 3.14. The minimum absolute atomic E-state index is 0.229. The molecule has 2 heterocycles. The first-order valence-electron chi connectivity index (χ1n) is 5.56. The third-order valence-corrected chi connectivity index (χ3v) is 6.04. The molecule has 0 saturated carbocycles. The Morgan fingerprint density at radius 3 is 2.73 bits per heavy atom. The summed E-state index contributed by atoms with van der Waals surface area (Å²) in [6.45, 7) is 1.42. The Balaban J connectivity index is 2.25. The Bertz CT molecular complexity index is 320. The fraction of sp³-hybridized carbons (Fsp3) is 1.00. The topological polar surface area (TPSA) is 55.4 Å². The van der Waals surface area contributed by atoms with Gasteiger partial charge in [-0.15, -0.1) is 0 Å². The molecule has 2 unspecified atom stereocenters. The second-order valence-corrected chi connectivity index (χ2v) is 6.92. The van der Waals surface area contributed by atoms with Gasteiger partial charge < -0.3 is 10.1 Å². The number of methoxy groups -OCH3 is 1. The molecule has 0 aromatic heterocycles. The molecule has 2 saturated heterocycles. The molecule has 1 N–H and O–H groups in total. The predicted octanol–water partition coefficient (Wildman–Crippen LogP) is 0.332. The lowest BCUT2D eigenvalue weighted by Crippen LogP contribution is -2.55. The fourth-order valence-corrected chi connectivity index (χ4v) is 5.33. The number of sulfone groups is 1. The maximum Gasteiger partial charge on any atom is 0.155 e. The summed E-state index contributed by atoms with van der Waals surface area (Å²) in [4.78, 5) is 0. The molecule has 0 aromatic carbocycles. The van der Waals surface area contributed by atoms with E-state index >= 15 is 0 Å². The van der Waals surface area contributed by atoms with Crippen LogP contribution in [0.2, 0.25) is 0 Å². The lowest BCUT2D eigenvalue weighted by atomic mass is 9.91. The highest BCUT2D eigenvalue weighted by Gasteiger charge is 2.49. The third kappa shape index (κ3) is 1.92. The van der Waals surface area contributed by atoms with Gasteiger partial charge in [0, 0.05) is 7.11 Å². The summed E-state index contributed by atoms with van der Waals surface area (Å²) in [5.41, 5.74) is -0.302. The zero-order valence-electron chi connectivity index (χ0n) is 9.16. The Labute approximate surface area is 91.3 Å². The summed E-state index contributed by atoms with van der Waals surface area (Å²) in [5.74, 6) is 0.352. The van der Waals surface area contributed by atoms with Gasteiger partial charge in [-0.25, -0.2) is 8.42 Å². The van der Waals surface area contributed by atoms with Crippen LogP contribution < -0.4 is 5.32 Å². The van der Waals surface area contributed by atoms with E-state index < -0.39 is 9.84 Å². The normalized spacial score (nSPS) is 39.7. The zero-order chi connectivity index (χ0) is 10.9. The molecule has 2 atom stereocenters. The molecule has 4 nitrogen and oxygen atoms in total. The van der Waals surface area contributed by atoms with Crippen molar-refractivity contribution in [2.75, 3.05) is 26.0 Å². The van der Waals surface area contributed by atoms with E-state index in [1.165, 1.54) is 0 Å². The number of rotatable bonds is 3. The molecule has 2 aliphatic heterocycles. The van der Waals surface area contributed by atoms with Crippen molar-refractivity contribution < 1.29 is 13.2 Å². The van der Waals surface area contributed by atoms with Crippen molar-refractivity contribution in [2.45, 2.75) is 36.5 Å². The molecule has 0 aliphatic carbocycles. The lowest BCUT2D eigenvalue weighted by molar-refractivity contribution is 0.116. The van der Waals surface area contributed by atoms with Gasteiger partial charge in [0.05, 0.1) is 23.1 Å². The Kier molecular flexibility index (Phi) is 3.05. The van der Waals surface area contributed by atoms with Crippen molar-refractivity contribution >= 4 is 9.84 Å². The average molecular weight is 233 g/mol. The van der Waals surface area contributed by atoms with Crippen LogP contribution >= 0.6 is 0 Å². The van der Waals surface area contributed by atoms with E-state index in [0.717, 1.165) is 32.2 Å². The predicted molar refractivity (Wildman–Crippen MR) is 58.7 cm³/mol. The SMILES string of the molecule is COCC1(C2CCCS2(=O)=O)CCCN1. The maximum atomic E-state index is 11.9. The first-order valence-corrected chi connectivity index (χ1v) is 7.28. The Morgan fingerprint density at radius 1 is 1.47 bits per heavy atom. The van der Waals surface area contributed by atoms with Crippen LogP contribution in [0, 0.1) is 0 Å². The van der Waals surface area contributed by atoms with Gasteiger partial charge in [0.15, 0.2) is 9.84 Å². The molecule has 0 radical (unpaired) electrons. The highest BCUT2D eigenvalue weighted by atomic mass is 32.2. The van der Waals surface area contributed by atoms with Crippen molar-refractivity contribution in [3.05, 3.63) is 0 Å². The highest BCUT2D eigenvalue weighted by Crippen LogP contribution is 2.35. The molecular weight excluding hydrogens is 214 g/mol. The first kappa shape index (κ1) is 11.4. The van der Waals surface area contributed by atoms with Crippen LogP contribution in [0.15, 0.2) is 0 Å². The van der Waals surface area contributed by atoms with Crippen LogP contribution in [-0.2, 0) is 14.6 Å². The second-order valence-electron chi connectivity index (χ2n) is 4.62. The monoisotopic (exact) mass is 233 g/mol. The van der Waals surface area contributed by atoms with Crippen molar-refractivity contribution in [3.8, 4) is 0 Å². The first-order chi connectivity index (χ1) is 7.11. The summed E-state index contributed by atoms with van der Waals surface area (Å²) in [6.07, 6.45) is 3.57. The van der Waals surface area contributed by atoms with E-state index in [-0.39, 0.29) is 10.8 Å². The smallest absolute Gasteiger partial charge is 0.155 e. The number of hydrogen-bond acceptors (Lipinski definition) is 4. The molecule has 0 bridgehead atoms. The highest BCUT2D eigenvalue weighted by molar-refractivity contribution is 7.92. The zero-order valence-corrected chi connectivity index (χ0v) is 9.98. The molecule has 2 fully saturated rings. The van der Waals surface area contributed by atoms with Crippen molar-refractivity contribution in [2.24, 2.45) is 0 Å². The molecule has 0 spiro atoms. The summed E-state index contributed by atoms with van der Waals surface area (Å²) in [6, 6.07) is 0. The summed E-state index contributed by atoms with van der Waals surface area (Å²) >= 11 is 0. The molecule has 5 heteroatoms. The van der Waals surface area contributed by atoms with Crippen LogP contribution in [-0.4, -0.2) is 45.2 Å². The van der Waals surface area contributed by atoms with Crippen LogP contribution in [0.5, 0.6) is 0 Å². The van der Waals surface area contributed by atoms with E-state index in [9.17, 15) is 8.42 Å². The lowest BCUT2D eigenvalue weighted by Gasteiger charge is -2.34. The molecule has 2 rings (SSSR count). The number of nitrogens with one attached hydrogen (secondary N) is 1. The largest absolute Gasteiger partial charge is 0.383 e. The standard InChI is InChI=1S/C10H19NO3S/c1-14-8-10(5-3-6-11-10)9-4-2-7-15(9,12)13/h9,11H,2-8H2,1H3. The minimum atomic E-state index is -2.89. The van der Waals surface area contributed by atoms with Crippen molar-refractivity contribution in [1.29, 1.82) is 0 Å². The third-order valence-electron chi connectivity index (χ3n) is 3.62. The number of ether oxygens (including phenoxy) is 1. The second kappa shape index (κ2) is 4.03. The molecular formula is C10H19NO3S. The summed E-state index contributed by atoms with van der Waals surface area (Å²) < 4.78 is 29.1. The average Bonchev–Trinajstić information content (AvgIpc) is 2.73. The minimum Gasteiger partial charge on any atom is -0.383 e. The van der Waals surface area contributed by atoms with E-state index in [4.69, 9.17) is 4.74 Å². The van der Waals surface area contributed by atoms with Gasteiger partial charge in [0.1, 0.15) is 0 Å². The molecule has 15 heavy (non-hydrogen) atoms. The fourth-order valence-electron chi connectivity index (χ4n) is 2.99.